The maximum atomic E-state index is 13.2. The normalized spacial score (nSPS) is 12.7. The molecule has 0 aromatic heterocycles. The molecule has 0 spiro atoms. The zero-order valence-corrected chi connectivity index (χ0v) is 16.7. The molecule has 2 amide bonds. The van der Waals surface area contributed by atoms with Crippen molar-refractivity contribution in [2.45, 2.75) is 13.0 Å². The number of hydrogen-bond acceptors (Lipinski definition) is 4. The lowest BCUT2D eigenvalue weighted by molar-refractivity contribution is -0.121. The highest BCUT2D eigenvalue weighted by molar-refractivity contribution is 5.99. The molecule has 0 bridgehead atoms. The van der Waals surface area contributed by atoms with Crippen LogP contribution in [0.2, 0.25) is 0 Å². The molecular weight excluding hydrogens is 399 g/mol. The predicted octanol–water partition coefficient (Wildman–Crippen LogP) is 4.16. The van der Waals surface area contributed by atoms with E-state index in [2.05, 4.69) is 5.32 Å². The van der Waals surface area contributed by atoms with E-state index >= 15 is 0 Å². The molecule has 0 saturated carbocycles. The number of anilines is 2. The van der Waals surface area contributed by atoms with Crippen LogP contribution in [0.5, 0.6) is 11.5 Å². The van der Waals surface area contributed by atoms with Gasteiger partial charge >= 0.3 is 0 Å². The average Bonchev–Trinajstić information content (AvgIpc) is 2.78. The van der Waals surface area contributed by atoms with E-state index in [1.165, 1.54) is 12.1 Å². The van der Waals surface area contributed by atoms with Crippen LogP contribution in [-0.2, 0) is 16.1 Å². The lowest BCUT2D eigenvalue weighted by Crippen LogP contribution is -2.38. The summed E-state index contributed by atoms with van der Waals surface area (Å²) in [6.45, 7) is 0.452. The molecule has 0 aliphatic carbocycles. The van der Waals surface area contributed by atoms with Crippen LogP contribution >= 0.6 is 0 Å². The first-order valence-corrected chi connectivity index (χ1v) is 9.88. The van der Waals surface area contributed by atoms with Crippen molar-refractivity contribution in [2.24, 2.45) is 0 Å². The Labute approximate surface area is 179 Å². The van der Waals surface area contributed by atoms with Crippen LogP contribution in [0.25, 0.3) is 0 Å². The Balaban J connectivity index is 1.42. The van der Waals surface area contributed by atoms with Crippen molar-refractivity contribution in [3.8, 4) is 11.5 Å². The van der Waals surface area contributed by atoms with Gasteiger partial charge in [-0.2, -0.15) is 0 Å². The largest absolute Gasteiger partial charge is 0.493 e. The molecule has 6 nitrogen and oxygen atoms in total. The zero-order chi connectivity index (χ0) is 21.6. The van der Waals surface area contributed by atoms with Gasteiger partial charge in [0.2, 0.25) is 5.91 Å². The molecule has 1 N–H and O–H groups in total. The van der Waals surface area contributed by atoms with Crippen molar-refractivity contribution in [3.63, 3.8) is 0 Å². The highest BCUT2D eigenvalue weighted by atomic mass is 19.1. The minimum atomic E-state index is -0.335. The first-order valence-electron chi connectivity index (χ1n) is 9.88. The Hall–Kier alpha value is -3.87. The number of halogens is 1. The molecule has 0 unspecified atom stereocenters. The van der Waals surface area contributed by atoms with Crippen LogP contribution in [0.15, 0.2) is 72.8 Å². The lowest BCUT2D eigenvalue weighted by atomic mass is 10.1. The average molecular weight is 420 g/mol. The number of carbonyl (C=O) groups excluding carboxylic acids is 2. The Kier molecular flexibility index (Phi) is 6.12. The number of fused-ring (bicyclic) bond motifs is 1. The number of carbonyl (C=O) groups is 2. The molecule has 7 heteroatoms. The Morgan fingerprint density at radius 2 is 1.84 bits per heavy atom. The van der Waals surface area contributed by atoms with E-state index < -0.39 is 0 Å². The molecule has 0 fully saturated rings. The Morgan fingerprint density at radius 3 is 2.61 bits per heavy atom. The third-order valence-corrected chi connectivity index (χ3v) is 4.78. The van der Waals surface area contributed by atoms with Gasteiger partial charge in [-0.15, -0.1) is 0 Å². The Morgan fingerprint density at radius 1 is 1.06 bits per heavy atom. The first kappa shape index (κ1) is 20.4. The molecule has 31 heavy (non-hydrogen) atoms. The number of benzene rings is 3. The summed E-state index contributed by atoms with van der Waals surface area (Å²) < 4.78 is 24.3. The molecule has 0 saturated heterocycles. The van der Waals surface area contributed by atoms with E-state index in [0.29, 0.717) is 22.9 Å². The van der Waals surface area contributed by atoms with Gasteiger partial charge in [-0.1, -0.05) is 30.3 Å². The Bertz CT molecular complexity index is 1070. The standard InChI is InChI=1S/C24H21FN2O4/c25-18-8-6-17(7-9-18)15-27-21-14-19(10-11-22(21)31-16-24(27)29)26-23(28)12-13-30-20-4-2-1-3-5-20/h1-11,14H,12-13,15-16H2,(H,26,28). The summed E-state index contributed by atoms with van der Waals surface area (Å²) in [6.07, 6.45) is 0.181. The number of nitrogens with one attached hydrogen (secondary N) is 1. The second-order valence-corrected chi connectivity index (χ2v) is 7.04. The number of nitrogens with zero attached hydrogens (tertiary/aromatic N) is 1. The van der Waals surface area contributed by atoms with Gasteiger partial charge in [-0.25, -0.2) is 4.39 Å². The lowest BCUT2D eigenvalue weighted by Gasteiger charge is -2.30. The highest BCUT2D eigenvalue weighted by Gasteiger charge is 2.26. The van der Waals surface area contributed by atoms with Crippen LogP contribution in [0.1, 0.15) is 12.0 Å². The van der Waals surface area contributed by atoms with Crippen molar-refractivity contribution in [1.29, 1.82) is 0 Å². The van der Waals surface area contributed by atoms with Gasteiger partial charge in [-0.3, -0.25) is 9.59 Å². The van der Waals surface area contributed by atoms with Crippen LogP contribution in [0, 0.1) is 5.82 Å². The van der Waals surface area contributed by atoms with Crippen LogP contribution in [-0.4, -0.2) is 25.0 Å². The highest BCUT2D eigenvalue weighted by Crippen LogP contribution is 2.35. The van der Waals surface area contributed by atoms with Crippen LogP contribution in [0.3, 0.4) is 0 Å². The van der Waals surface area contributed by atoms with Gasteiger partial charge in [0.25, 0.3) is 5.91 Å². The van der Waals surface area contributed by atoms with Gasteiger partial charge in [0.05, 0.1) is 25.3 Å². The number of hydrogen-bond donors (Lipinski definition) is 1. The third kappa shape index (κ3) is 5.19. The monoisotopic (exact) mass is 420 g/mol. The first-order chi connectivity index (χ1) is 15.1. The SMILES string of the molecule is O=C(CCOc1ccccc1)Nc1ccc2c(c1)N(Cc1ccc(F)cc1)C(=O)CO2. The second kappa shape index (κ2) is 9.30. The van der Waals surface area contributed by atoms with Gasteiger partial charge in [-0.05, 0) is 48.0 Å². The summed E-state index contributed by atoms with van der Waals surface area (Å²) in [7, 11) is 0. The number of amides is 2. The minimum absolute atomic E-state index is 0.0727. The van der Waals surface area contributed by atoms with Gasteiger partial charge in [0.15, 0.2) is 6.61 Å². The van der Waals surface area contributed by atoms with E-state index in [1.807, 2.05) is 30.3 Å². The topological polar surface area (TPSA) is 67.9 Å². The predicted molar refractivity (Wildman–Crippen MR) is 115 cm³/mol. The molecule has 0 radical (unpaired) electrons. The maximum Gasteiger partial charge on any atom is 0.265 e. The number of ether oxygens (including phenoxy) is 2. The third-order valence-electron chi connectivity index (χ3n) is 4.78. The van der Waals surface area contributed by atoms with Crippen LogP contribution < -0.4 is 19.7 Å². The van der Waals surface area contributed by atoms with E-state index in [1.54, 1.807) is 35.2 Å². The summed E-state index contributed by atoms with van der Waals surface area (Å²) in [6, 6.07) is 20.4. The fourth-order valence-electron chi connectivity index (χ4n) is 3.23. The van der Waals surface area contributed by atoms with Crippen LogP contribution in [0.4, 0.5) is 15.8 Å². The molecule has 0 atom stereocenters. The summed E-state index contributed by atoms with van der Waals surface area (Å²) in [5.74, 6) is 0.502. The zero-order valence-electron chi connectivity index (χ0n) is 16.7. The fraction of sp³-hybridized carbons (Fsp3) is 0.167. The molecule has 4 rings (SSSR count). The van der Waals surface area contributed by atoms with Crippen molar-refractivity contribution >= 4 is 23.2 Å². The van der Waals surface area contributed by atoms with E-state index in [9.17, 15) is 14.0 Å². The van der Waals surface area contributed by atoms with Gasteiger partial charge in [0.1, 0.15) is 17.3 Å². The number of para-hydroxylation sites is 1. The molecule has 158 valence electrons. The summed E-state index contributed by atoms with van der Waals surface area (Å²) in [5.41, 5.74) is 1.89. The summed E-state index contributed by atoms with van der Waals surface area (Å²) in [5, 5.41) is 2.82. The van der Waals surface area contributed by atoms with Gasteiger partial charge < -0.3 is 19.7 Å². The molecule has 3 aromatic rings. The minimum Gasteiger partial charge on any atom is -0.493 e. The van der Waals surface area contributed by atoms with Crippen molar-refractivity contribution < 1.29 is 23.5 Å². The summed E-state index contributed by atoms with van der Waals surface area (Å²) >= 11 is 0. The number of rotatable bonds is 7. The van der Waals surface area contributed by atoms with E-state index in [0.717, 1.165) is 5.56 Å². The summed E-state index contributed by atoms with van der Waals surface area (Å²) in [4.78, 5) is 26.3. The van der Waals surface area contributed by atoms with Crippen molar-refractivity contribution in [1.82, 2.24) is 0 Å². The van der Waals surface area contributed by atoms with Crippen molar-refractivity contribution in [2.75, 3.05) is 23.4 Å². The second-order valence-electron chi connectivity index (χ2n) is 7.04. The maximum absolute atomic E-state index is 13.2. The quantitative estimate of drug-likeness (QED) is 0.623. The van der Waals surface area contributed by atoms with Crippen molar-refractivity contribution in [3.05, 3.63) is 84.2 Å². The molecule has 3 aromatic carbocycles. The fourth-order valence-corrected chi connectivity index (χ4v) is 3.23. The van der Waals surface area contributed by atoms with Gasteiger partial charge in [0, 0.05) is 5.69 Å². The van der Waals surface area contributed by atoms with E-state index in [4.69, 9.17) is 9.47 Å². The molecule has 1 aliphatic rings. The molecular formula is C24H21FN2O4. The molecule has 1 heterocycles. The smallest absolute Gasteiger partial charge is 0.265 e. The van der Waals surface area contributed by atoms with E-state index in [-0.39, 0.29) is 43.8 Å². The molecule has 1 aliphatic heterocycles.